The van der Waals surface area contributed by atoms with Gasteiger partial charge in [0.05, 0.1) is 5.75 Å². The average Bonchev–Trinajstić information content (AvgIpc) is 2.94. The van der Waals surface area contributed by atoms with Gasteiger partial charge >= 0.3 is 0 Å². The predicted molar refractivity (Wildman–Crippen MR) is 88.6 cm³/mol. The molecule has 6 heteroatoms. The third kappa shape index (κ3) is 3.76. The first-order valence-corrected chi connectivity index (χ1v) is 9.38. The maximum Gasteiger partial charge on any atom is 0.226 e. The average molecular weight is 330 g/mol. The number of aryl methyl sites for hydroxylation is 1. The summed E-state index contributed by atoms with van der Waals surface area (Å²) in [6, 6.07) is 13.5. The van der Waals surface area contributed by atoms with Crippen LogP contribution in [-0.4, -0.2) is 18.6 Å². The van der Waals surface area contributed by atoms with Gasteiger partial charge in [-0.25, -0.2) is 8.42 Å². The molecule has 2 aromatic carbocycles. The minimum Gasteiger partial charge on any atom is -0.339 e. The van der Waals surface area contributed by atoms with Crippen molar-refractivity contribution in [2.45, 2.75) is 31.3 Å². The Morgan fingerprint density at radius 2 is 1.83 bits per heavy atom. The lowest BCUT2D eigenvalue weighted by atomic mass is 10.1. The number of rotatable bonds is 6. The number of nitrogens with zero attached hydrogens (tertiary/aromatic N) is 2. The van der Waals surface area contributed by atoms with Crippen LogP contribution in [0.15, 0.2) is 47.0 Å². The fourth-order valence-electron chi connectivity index (χ4n) is 2.57. The van der Waals surface area contributed by atoms with E-state index >= 15 is 0 Å². The van der Waals surface area contributed by atoms with Gasteiger partial charge in [0.25, 0.3) is 0 Å². The number of hydrogen-bond donors (Lipinski definition) is 0. The van der Waals surface area contributed by atoms with E-state index in [0.717, 1.165) is 22.8 Å². The lowest BCUT2D eigenvalue weighted by molar-refractivity contribution is 0.373. The van der Waals surface area contributed by atoms with E-state index in [4.69, 9.17) is 4.52 Å². The Bertz CT molecular complexity index is 911. The summed E-state index contributed by atoms with van der Waals surface area (Å²) in [4.78, 5) is 4.13. The number of aromatic nitrogens is 2. The van der Waals surface area contributed by atoms with E-state index in [0.29, 0.717) is 12.3 Å². The fraction of sp³-hybridized carbons (Fsp3) is 0.294. The number of sulfone groups is 1. The molecular weight excluding hydrogens is 312 g/mol. The van der Waals surface area contributed by atoms with Crippen molar-refractivity contribution < 1.29 is 12.9 Å². The van der Waals surface area contributed by atoms with Crippen molar-refractivity contribution in [2.24, 2.45) is 0 Å². The van der Waals surface area contributed by atoms with E-state index < -0.39 is 9.84 Å². The smallest absolute Gasteiger partial charge is 0.226 e. The molecule has 0 N–H and O–H groups in total. The van der Waals surface area contributed by atoms with Gasteiger partial charge in [0.2, 0.25) is 5.89 Å². The molecule has 0 bridgehead atoms. The third-order valence-electron chi connectivity index (χ3n) is 3.58. The second-order valence-corrected chi connectivity index (χ2v) is 7.59. The van der Waals surface area contributed by atoms with Gasteiger partial charge in [-0.3, -0.25) is 0 Å². The topological polar surface area (TPSA) is 73.1 Å². The van der Waals surface area contributed by atoms with Gasteiger partial charge < -0.3 is 4.52 Å². The van der Waals surface area contributed by atoms with Crippen LogP contribution in [0.3, 0.4) is 0 Å². The summed E-state index contributed by atoms with van der Waals surface area (Å²) >= 11 is 0. The monoisotopic (exact) mass is 330 g/mol. The molecule has 0 fully saturated rings. The molecule has 0 atom stereocenters. The maximum atomic E-state index is 12.5. The van der Waals surface area contributed by atoms with Crippen LogP contribution in [0.25, 0.3) is 10.8 Å². The molecule has 0 aliphatic heterocycles. The molecule has 0 spiro atoms. The number of hydrogen-bond acceptors (Lipinski definition) is 5. The summed E-state index contributed by atoms with van der Waals surface area (Å²) in [5.74, 6) is 0.478. The summed E-state index contributed by atoms with van der Waals surface area (Å²) in [6.45, 7) is 2.00. The molecule has 3 rings (SSSR count). The van der Waals surface area contributed by atoms with Gasteiger partial charge in [-0.1, -0.05) is 54.5 Å². The molecule has 23 heavy (non-hydrogen) atoms. The Hall–Kier alpha value is -2.21. The first-order chi connectivity index (χ1) is 11.1. The standard InChI is InChI=1S/C17H18N2O3S/c1-2-6-17-18-16(19-22-17)12-23(20,21)11-14-9-5-8-13-7-3-4-10-15(13)14/h3-5,7-10H,2,6,11-12H2,1H3. The van der Waals surface area contributed by atoms with Crippen LogP contribution < -0.4 is 0 Å². The molecule has 120 valence electrons. The Balaban J connectivity index is 1.82. The number of fused-ring (bicyclic) bond motifs is 1. The van der Waals surface area contributed by atoms with Crippen LogP contribution >= 0.6 is 0 Å². The quantitative estimate of drug-likeness (QED) is 0.693. The lowest BCUT2D eigenvalue weighted by Crippen LogP contribution is -2.09. The van der Waals surface area contributed by atoms with E-state index in [-0.39, 0.29) is 17.3 Å². The molecule has 0 aliphatic rings. The Morgan fingerprint density at radius 3 is 2.65 bits per heavy atom. The first-order valence-electron chi connectivity index (χ1n) is 7.56. The van der Waals surface area contributed by atoms with Crippen molar-refractivity contribution in [1.82, 2.24) is 10.1 Å². The van der Waals surface area contributed by atoms with Gasteiger partial charge in [0.15, 0.2) is 15.7 Å². The van der Waals surface area contributed by atoms with Crippen molar-refractivity contribution in [3.05, 3.63) is 59.7 Å². The van der Waals surface area contributed by atoms with Gasteiger partial charge in [-0.15, -0.1) is 0 Å². The summed E-state index contributed by atoms with van der Waals surface area (Å²) in [5.41, 5.74) is 0.792. The maximum absolute atomic E-state index is 12.5. The highest BCUT2D eigenvalue weighted by molar-refractivity contribution is 7.89. The van der Waals surface area contributed by atoms with Gasteiger partial charge in [-0.2, -0.15) is 4.98 Å². The highest BCUT2D eigenvalue weighted by atomic mass is 32.2. The SMILES string of the molecule is CCCc1nc(CS(=O)(=O)Cc2cccc3ccccc23)no1. The summed E-state index contributed by atoms with van der Waals surface area (Å²) < 4.78 is 30.0. The van der Waals surface area contributed by atoms with Gasteiger partial charge in [0, 0.05) is 6.42 Å². The highest BCUT2D eigenvalue weighted by Gasteiger charge is 2.18. The van der Waals surface area contributed by atoms with Gasteiger partial charge in [-0.05, 0) is 22.8 Å². The lowest BCUT2D eigenvalue weighted by Gasteiger charge is -2.06. The Kier molecular flexibility index (Phi) is 4.43. The van der Waals surface area contributed by atoms with E-state index in [1.165, 1.54) is 0 Å². The van der Waals surface area contributed by atoms with Crippen molar-refractivity contribution in [3.63, 3.8) is 0 Å². The highest BCUT2D eigenvalue weighted by Crippen LogP contribution is 2.21. The van der Waals surface area contributed by atoms with Crippen molar-refractivity contribution >= 4 is 20.6 Å². The second kappa shape index (κ2) is 6.50. The van der Waals surface area contributed by atoms with Crippen LogP contribution in [-0.2, 0) is 27.8 Å². The first kappa shape index (κ1) is 15.7. The zero-order valence-electron chi connectivity index (χ0n) is 12.9. The molecule has 0 amide bonds. The Morgan fingerprint density at radius 1 is 1.04 bits per heavy atom. The molecular formula is C17H18N2O3S. The van der Waals surface area contributed by atoms with E-state index in [1.54, 1.807) is 0 Å². The Labute approximate surface area is 135 Å². The largest absolute Gasteiger partial charge is 0.339 e. The van der Waals surface area contributed by atoms with Crippen molar-refractivity contribution in [3.8, 4) is 0 Å². The second-order valence-electron chi connectivity index (χ2n) is 5.52. The molecule has 1 aromatic heterocycles. The molecule has 5 nitrogen and oxygen atoms in total. The summed E-state index contributed by atoms with van der Waals surface area (Å²) in [6.07, 6.45) is 1.54. The van der Waals surface area contributed by atoms with Gasteiger partial charge in [0.1, 0.15) is 5.75 Å². The zero-order valence-corrected chi connectivity index (χ0v) is 13.7. The molecule has 0 saturated carbocycles. The van der Waals surface area contributed by atoms with Crippen LogP contribution in [0.1, 0.15) is 30.6 Å². The van der Waals surface area contributed by atoms with E-state index in [2.05, 4.69) is 10.1 Å². The van der Waals surface area contributed by atoms with Crippen LogP contribution in [0.4, 0.5) is 0 Å². The molecule has 0 aliphatic carbocycles. The third-order valence-corrected chi connectivity index (χ3v) is 5.03. The van der Waals surface area contributed by atoms with E-state index in [1.807, 2.05) is 49.4 Å². The van der Waals surface area contributed by atoms with E-state index in [9.17, 15) is 8.42 Å². The minimum absolute atomic E-state index is 0.0357. The van der Waals surface area contributed by atoms with Crippen molar-refractivity contribution in [2.75, 3.05) is 0 Å². The van der Waals surface area contributed by atoms with Crippen molar-refractivity contribution in [1.29, 1.82) is 0 Å². The molecule has 0 radical (unpaired) electrons. The predicted octanol–water partition coefficient (Wildman–Crippen LogP) is 3.29. The molecule has 1 heterocycles. The van der Waals surface area contributed by atoms with Crippen LogP contribution in [0.2, 0.25) is 0 Å². The summed E-state index contributed by atoms with van der Waals surface area (Å²) in [5, 5.41) is 5.75. The molecule has 3 aromatic rings. The fourth-order valence-corrected chi connectivity index (χ4v) is 3.91. The van der Waals surface area contributed by atoms with Crippen LogP contribution in [0, 0.1) is 0 Å². The molecule has 0 saturated heterocycles. The summed E-state index contributed by atoms with van der Waals surface area (Å²) in [7, 11) is -3.37. The number of benzene rings is 2. The zero-order chi connectivity index (χ0) is 16.3. The normalized spacial score (nSPS) is 11.9. The minimum atomic E-state index is -3.37. The van der Waals surface area contributed by atoms with Crippen LogP contribution in [0.5, 0.6) is 0 Å². The molecule has 0 unspecified atom stereocenters.